The molecule has 1 atom stereocenters. The molecule has 2 aromatic carbocycles. The minimum Gasteiger partial charge on any atom is -0.327 e. The molecule has 0 aliphatic rings. The van der Waals surface area contributed by atoms with Gasteiger partial charge < -0.3 is 5.73 Å². The SMILES string of the molecule is Cc1ccc(CC(N)Cc2cc(C)ccc2C)c(Cl)c1. The molecule has 0 radical (unpaired) electrons. The second-order valence-corrected chi connectivity index (χ2v) is 6.10. The summed E-state index contributed by atoms with van der Waals surface area (Å²) in [7, 11) is 0. The zero-order valence-corrected chi connectivity index (χ0v) is 13.2. The largest absolute Gasteiger partial charge is 0.327 e. The standard InChI is InChI=1S/C18H22ClN/c1-12-4-6-14(3)16(8-12)11-17(20)10-15-7-5-13(2)9-18(15)19/h4-9,17H,10-11,20H2,1-3H3. The normalized spacial score (nSPS) is 12.4. The van der Waals surface area contributed by atoms with Crippen molar-refractivity contribution >= 4 is 11.6 Å². The molecule has 0 amide bonds. The highest BCUT2D eigenvalue weighted by molar-refractivity contribution is 6.31. The lowest BCUT2D eigenvalue weighted by Gasteiger charge is -2.15. The van der Waals surface area contributed by atoms with Gasteiger partial charge in [-0.05, 0) is 61.9 Å². The van der Waals surface area contributed by atoms with Crippen molar-refractivity contribution in [1.82, 2.24) is 0 Å². The van der Waals surface area contributed by atoms with Gasteiger partial charge in [-0.15, -0.1) is 0 Å². The van der Waals surface area contributed by atoms with Crippen LogP contribution < -0.4 is 5.73 Å². The van der Waals surface area contributed by atoms with Crippen LogP contribution in [0.25, 0.3) is 0 Å². The number of aryl methyl sites for hydroxylation is 3. The minimum absolute atomic E-state index is 0.0932. The van der Waals surface area contributed by atoms with E-state index in [-0.39, 0.29) is 6.04 Å². The van der Waals surface area contributed by atoms with Crippen molar-refractivity contribution in [3.05, 3.63) is 69.2 Å². The van der Waals surface area contributed by atoms with E-state index in [0.717, 1.165) is 23.4 Å². The van der Waals surface area contributed by atoms with Crippen LogP contribution in [0.1, 0.15) is 27.8 Å². The molecule has 0 aliphatic heterocycles. The van der Waals surface area contributed by atoms with Gasteiger partial charge in [0.25, 0.3) is 0 Å². The van der Waals surface area contributed by atoms with Crippen LogP contribution >= 0.6 is 11.6 Å². The third-order valence-electron chi connectivity index (χ3n) is 3.68. The summed E-state index contributed by atoms with van der Waals surface area (Å²) in [5, 5.41) is 0.821. The van der Waals surface area contributed by atoms with Crippen LogP contribution in [-0.2, 0) is 12.8 Å². The van der Waals surface area contributed by atoms with Gasteiger partial charge in [0.2, 0.25) is 0 Å². The molecule has 0 saturated heterocycles. The average Bonchev–Trinajstić information content (AvgIpc) is 2.37. The van der Waals surface area contributed by atoms with Crippen molar-refractivity contribution < 1.29 is 0 Å². The first-order chi connectivity index (χ1) is 9.45. The number of hydrogen-bond donors (Lipinski definition) is 1. The molecule has 2 rings (SSSR count). The van der Waals surface area contributed by atoms with E-state index in [1.54, 1.807) is 0 Å². The van der Waals surface area contributed by atoms with Crippen molar-refractivity contribution in [3.63, 3.8) is 0 Å². The Bertz CT molecular complexity index is 604. The Hall–Kier alpha value is -1.31. The van der Waals surface area contributed by atoms with E-state index in [4.69, 9.17) is 17.3 Å². The summed E-state index contributed by atoms with van der Waals surface area (Å²) in [6.07, 6.45) is 1.70. The van der Waals surface area contributed by atoms with E-state index in [1.165, 1.54) is 22.3 Å². The van der Waals surface area contributed by atoms with Crippen LogP contribution in [0.15, 0.2) is 36.4 Å². The fraction of sp³-hybridized carbons (Fsp3) is 0.333. The highest BCUT2D eigenvalue weighted by Crippen LogP contribution is 2.20. The van der Waals surface area contributed by atoms with E-state index in [0.29, 0.717) is 0 Å². The predicted molar refractivity (Wildman–Crippen MR) is 87.5 cm³/mol. The van der Waals surface area contributed by atoms with Gasteiger partial charge in [0, 0.05) is 11.1 Å². The fourth-order valence-corrected chi connectivity index (χ4v) is 2.79. The maximum absolute atomic E-state index is 6.31. The van der Waals surface area contributed by atoms with Crippen LogP contribution in [0.3, 0.4) is 0 Å². The predicted octanol–water partition coefficient (Wildman–Crippen LogP) is 4.38. The first-order valence-electron chi connectivity index (χ1n) is 7.02. The number of halogens is 1. The summed E-state index contributed by atoms with van der Waals surface area (Å²) in [5.41, 5.74) is 12.5. The zero-order chi connectivity index (χ0) is 14.7. The van der Waals surface area contributed by atoms with Gasteiger partial charge in [0.15, 0.2) is 0 Å². The molecule has 0 saturated carbocycles. The first kappa shape index (κ1) is 15.1. The molecule has 2 N–H and O–H groups in total. The van der Waals surface area contributed by atoms with Crippen LogP contribution in [0, 0.1) is 20.8 Å². The Morgan fingerprint density at radius 2 is 1.50 bits per heavy atom. The molecule has 1 nitrogen and oxygen atoms in total. The van der Waals surface area contributed by atoms with Gasteiger partial charge in [-0.2, -0.15) is 0 Å². The first-order valence-corrected chi connectivity index (χ1v) is 7.40. The van der Waals surface area contributed by atoms with Crippen LogP contribution in [0.5, 0.6) is 0 Å². The molecule has 0 aliphatic carbocycles. The van der Waals surface area contributed by atoms with Crippen molar-refractivity contribution in [2.75, 3.05) is 0 Å². The Morgan fingerprint density at radius 1 is 0.900 bits per heavy atom. The highest BCUT2D eigenvalue weighted by atomic mass is 35.5. The monoisotopic (exact) mass is 287 g/mol. The smallest absolute Gasteiger partial charge is 0.0441 e. The Morgan fingerprint density at radius 3 is 2.20 bits per heavy atom. The van der Waals surface area contributed by atoms with Gasteiger partial charge in [-0.3, -0.25) is 0 Å². The van der Waals surface area contributed by atoms with E-state index >= 15 is 0 Å². The maximum atomic E-state index is 6.31. The number of nitrogens with two attached hydrogens (primary N) is 1. The molecule has 0 fully saturated rings. The van der Waals surface area contributed by atoms with Crippen LogP contribution in [-0.4, -0.2) is 6.04 Å². The van der Waals surface area contributed by atoms with Gasteiger partial charge >= 0.3 is 0 Å². The topological polar surface area (TPSA) is 26.0 Å². The summed E-state index contributed by atoms with van der Waals surface area (Å²) >= 11 is 6.28. The van der Waals surface area contributed by atoms with Crippen molar-refractivity contribution in [1.29, 1.82) is 0 Å². The average molecular weight is 288 g/mol. The van der Waals surface area contributed by atoms with E-state index in [2.05, 4.69) is 44.2 Å². The maximum Gasteiger partial charge on any atom is 0.0441 e. The number of hydrogen-bond acceptors (Lipinski definition) is 1. The van der Waals surface area contributed by atoms with Crippen LogP contribution in [0.4, 0.5) is 0 Å². The van der Waals surface area contributed by atoms with Crippen LogP contribution in [0.2, 0.25) is 5.02 Å². The second-order valence-electron chi connectivity index (χ2n) is 5.69. The summed E-state index contributed by atoms with van der Waals surface area (Å²) in [6.45, 7) is 6.30. The molecule has 20 heavy (non-hydrogen) atoms. The lowest BCUT2D eigenvalue weighted by molar-refractivity contribution is 0.662. The van der Waals surface area contributed by atoms with Gasteiger partial charge in [-0.1, -0.05) is 47.5 Å². The number of benzene rings is 2. The molecule has 2 heteroatoms. The summed E-state index contributed by atoms with van der Waals surface area (Å²) in [6, 6.07) is 12.8. The van der Waals surface area contributed by atoms with E-state index < -0.39 is 0 Å². The van der Waals surface area contributed by atoms with Crippen molar-refractivity contribution in [3.8, 4) is 0 Å². The van der Waals surface area contributed by atoms with Gasteiger partial charge in [0.05, 0.1) is 0 Å². The zero-order valence-electron chi connectivity index (χ0n) is 12.4. The summed E-state index contributed by atoms with van der Waals surface area (Å²) in [4.78, 5) is 0. The second kappa shape index (κ2) is 6.43. The quantitative estimate of drug-likeness (QED) is 0.887. The number of rotatable bonds is 4. The Kier molecular flexibility index (Phi) is 4.85. The minimum atomic E-state index is 0.0932. The van der Waals surface area contributed by atoms with E-state index in [9.17, 15) is 0 Å². The molecule has 0 spiro atoms. The van der Waals surface area contributed by atoms with E-state index in [1.807, 2.05) is 13.0 Å². The molecule has 2 aromatic rings. The third kappa shape index (κ3) is 3.84. The lowest BCUT2D eigenvalue weighted by atomic mass is 9.95. The molecule has 0 heterocycles. The molecule has 106 valence electrons. The molecule has 0 aromatic heterocycles. The summed E-state index contributed by atoms with van der Waals surface area (Å²) < 4.78 is 0. The molecular weight excluding hydrogens is 266 g/mol. The molecular formula is C18H22ClN. The third-order valence-corrected chi connectivity index (χ3v) is 4.03. The lowest BCUT2D eigenvalue weighted by Crippen LogP contribution is -2.26. The van der Waals surface area contributed by atoms with Crippen molar-refractivity contribution in [2.45, 2.75) is 39.7 Å². The van der Waals surface area contributed by atoms with Gasteiger partial charge in [0.1, 0.15) is 0 Å². The summed E-state index contributed by atoms with van der Waals surface area (Å²) in [5.74, 6) is 0. The highest BCUT2D eigenvalue weighted by Gasteiger charge is 2.10. The Labute approximate surface area is 126 Å². The van der Waals surface area contributed by atoms with Gasteiger partial charge in [-0.25, -0.2) is 0 Å². The molecule has 0 bridgehead atoms. The Balaban J connectivity index is 2.08. The fourth-order valence-electron chi connectivity index (χ4n) is 2.48. The molecule has 1 unspecified atom stereocenters. The van der Waals surface area contributed by atoms with Crippen molar-refractivity contribution in [2.24, 2.45) is 5.73 Å².